The largest absolute Gasteiger partial charge is 0.475 e. The molecule has 56 valence electrons. The molecule has 0 aliphatic rings. The van der Waals surface area contributed by atoms with Crippen LogP contribution in [0, 0.1) is 0 Å². The first kappa shape index (κ1) is 8.64. The summed E-state index contributed by atoms with van der Waals surface area (Å²) in [4.78, 5) is 15.9. The molecule has 1 aromatic rings. The fraction of sp³-hybridized carbons (Fsp3) is 0.200. The Kier molecular flexibility index (Phi) is 3.90. The molecule has 5 nitrogen and oxygen atoms in total. The van der Waals surface area contributed by atoms with Crippen LogP contribution in [0.3, 0.4) is 0 Å². The predicted octanol–water partition coefficient (Wildman–Crippen LogP) is -0.284. The highest BCUT2D eigenvalue weighted by Gasteiger charge is 2.00. The maximum absolute atomic E-state index is 9.97. The smallest absolute Gasteiger partial charge is 0.371 e. The van der Waals surface area contributed by atoms with Gasteiger partial charge in [0.1, 0.15) is 0 Å². The van der Waals surface area contributed by atoms with Crippen LogP contribution in [0.25, 0.3) is 0 Å². The average molecular weight is 144 g/mol. The lowest BCUT2D eigenvalue weighted by atomic mass is 10.7. The van der Waals surface area contributed by atoms with Gasteiger partial charge in [0, 0.05) is 19.5 Å². The van der Waals surface area contributed by atoms with Crippen molar-refractivity contribution >= 4 is 5.97 Å². The summed E-state index contributed by atoms with van der Waals surface area (Å²) in [6.45, 7) is 0. The van der Waals surface area contributed by atoms with Gasteiger partial charge in [-0.3, -0.25) is 0 Å². The first-order valence-electron chi connectivity index (χ1n) is 2.48. The Labute approximate surface area is 57.3 Å². The highest BCUT2D eigenvalue weighted by molar-refractivity contribution is 5.82. The number of imidazole rings is 1. The Morgan fingerprint density at radius 2 is 2.30 bits per heavy atom. The average Bonchev–Trinajstić information content (AvgIpc) is 2.42. The fourth-order valence-electron chi connectivity index (χ4n) is 0.382. The number of carboxylic acids is 1. The minimum atomic E-state index is -1.03. The van der Waals surface area contributed by atoms with E-state index >= 15 is 0 Å². The first-order valence-corrected chi connectivity index (χ1v) is 2.48. The van der Waals surface area contributed by atoms with Gasteiger partial charge < -0.3 is 15.2 Å². The molecule has 0 fully saturated rings. The van der Waals surface area contributed by atoms with Crippen LogP contribution >= 0.6 is 0 Å². The molecule has 0 saturated carbocycles. The number of aromatic carboxylic acids is 1. The Morgan fingerprint density at radius 3 is 2.50 bits per heavy atom. The number of aromatic amines is 1. The number of carboxylic acid groups (broad SMARTS) is 1. The Bertz CT molecular complexity index is 183. The quantitative estimate of drug-likeness (QED) is 0.505. The van der Waals surface area contributed by atoms with Crippen LogP contribution in [-0.2, 0) is 0 Å². The number of H-pyrrole nitrogens is 1. The second kappa shape index (κ2) is 4.51. The summed E-state index contributed by atoms with van der Waals surface area (Å²) in [5.41, 5.74) is 0. The number of hydrogen-bond acceptors (Lipinski definition) is 3. The summed E-state index contributed by atoms with van der Waals surface area (Å²) in [5.74, 6) is -1.06. The summed E-state index contributed by atoms with van der Waals surface area (Å²) < 4.78 is 0. The lowest BCUT2D eigenvalue weighted by molar-refractivity contribution is 0.0685. The number of nitrogens with zero attached hydrogens (tertiary/aromatic N) is 1. The number of hydrogen-bond donors (Lipinski definition) is 3. The molecular weight excluding hydrogens is 136 g/mol. The molecular formula is C5H8N2O3. The van der Waals surface area contributed by atoms with Crippen LogP contribution in [0.5, 0.6) is 0 Å². The molecule has 0 bridgehead atoms. The molecule has 0 saturated heterocycles. The van der Waals surface area contributed by atoms with Crippen LogP contribution < -0.4 is 0 Å². The number of rotatable bonds is 1. The topological polar surface area (TPSA) is 86.2 Å². The number of carbonyl (C=O) groups is 1. The van der Waals surface area contributed by atoms with Crippen molar-refractivity contribution in [1.82, 2.24) is 9.97 Å². The van der Waals surface area contributed by atoms with E-state index in [-0.39, 0.29) is 5.82 Å². The van der Waals surface area contributed by atoms with Crippen molar-refractivity contribution < 1.29 is 15.0 Å². The molecule has 0 aliphatic heterocycles. The fourth-order valence-corrected chi connectivity index (χ4v) is 0.382. The van der Waals surface area contributed by atoms with Gasteiger partial charge in [0.25, 0.3) is 0 Å². The zero-order chi connectivity index (χ0) is 7.98. The Balaban J connectivity index is 0.000000371. The van der Waals surface area contributed by atoms with Gasteiger partial charge in [0.15, 0.2) is 0 Å². The second-order valence-electron chi connectivity index (χ2n) is 1.24. The molecule has 1 rings (SSSR count). The SMILES string of the molecule is CO.O=C(O)c1ncc[nH]1. The van der Waals surface area contributed by atoms with E-state index in [4.69, 9.17) is 10.2 Å². The number of nitrogens with one attached hydrogen (secondary N) is 1. The molecule has 0 amide bonds. The Hall–Kier alpha value is -1.36. The van der Waals surface area contributed by atoms with E-state index in [0.29, 0.717) is 0 Å². The van der Waals surface area contributed by atoms with Crippen LogP contribution in [0.1, 0.15) is 10.6 Å². The monoisotopic (exact) mass is 144 g/mol. The summed E-state index contributed by atoms with van der Waals surface area (Å²) in [6, 6.07) is 0. The minimum Gasteiger partial charge on any atom is -0.475 e. The van der Waals surface area contributed by atoms with Crippen LogP contribution in [0.15, 0.2) is 12.4 Å². The third-order valence-corrected chi connectivity index (χ3v) is 0.701. The molecule has 3 N–H and O–H groups in total. The maximum atomic E-state index is 9.97. The normalized spacial score (nSPS) is 7.80. The van der Waals surface area contributed by atoms with Gasteiger partial charge in [-0.1, -0.05) is 0 Å². The van der Waals surface area contributed by atoms with Crippen molar-refractivity contribution in [2.24, 2.45) is 0 Å². The standard InChI is InChI=1S/C4H4N2O2.CH4O/c7-4(8)3-5-1-2-6-3;1-2/h1-2H,(H,5,6)(H,7,8);2H,1H3. The van der Waals surface area contributed by atoms with E-state index in [1.54, 1.807) is 0 Å². The lowest BCUT2D eigenvalue weighted by Gasteiger charge is -1.79. The summed E-state index contributed by atoms with van der Waals surface area (Å²) >= 11 is 0. The summed E-state index contributed by atoms with van der Waals surface area (Å²) in [7, 11) is 1.00. The minimum absolute atomic E-state index is 0.0231. The van der Waals surface area contributed by atoms with Gasteiger partial charge >= 0.3 is 5.97 Å². The van der Waals surface area contributed by atoms with E-state index in [0.717, 1.165) is 7.11 Å². The first-order chi connectivity index (χ1) is 4.80. The predicted molar refractivity (Wildman–Crippen MR) is 33.7 cm³/mol. The van der Waals surface area contributed by atoms with Gasteiger partial charge in [0.2, 0.25) is 5.82 Å². The highest BCUT2D eigenvalue weighted by Crippen LogP contribution is 1.84. The van der Waals surface area contributed by atoms with E-state index in [1.807, 2.05) is 0 Å². The molecule has 0 radical (unpaired) electrons. The summed E-state index contributed by atoms with van der Waals surface area (Å²) in [5, 5.41) is 15.2. The van der Waals surface area contributed by atoms with Crippen molar-refractivity contribution in [2.75, 3.05) is 7.11 Å². The molecule has 1 heterocycles. The highest BCUT2D eigenvalue weighted by atomic mass is 16.4. The van der Waals surface area contributed by atoms with E-state index in [1.165, 1.54) is 12.4 Å². The molecule has 0 spiro atoms. The molecule has 0 atom stereocenters. The van der Waals surface area contributed by atoms with Crippen LogP contribution in [-0.4, -0.2) is 33.3 Å². The zero-order valence-electron chi connectivity index (χ0n) is 5.40. The summed E-state index contributed by atoms with van der Waals surface area (Å²) in [6.07, 6.45) is 2.85. The van der Waals surface area contributed by atoms with E-state index in [9.17, 15) is 4.79 Å². The molecule has 10 heavy (non-hydrogen) atoms. The number of aromatic nitrogens is 2. The van der Waals surface area contributed by atoms with Crippen LogP contribution in [0.4, 0.5) is 0 Å². The van der Waals surface area contributed by atoms with Crippen molar-refractivity contribution in [3.63, 3.8) is 0 Å². The molecule has 0 aromatic carbocycles. The van der Waals surface area contributed by atoms with Crippen molar-refractivity contribution in [3.05, 3.63) is 18.2 Å². The van der Waals surface area contributed by atoms with Crippen LogP contribution in [0.2, 0.25) is 0 Å². The Morgan fingerprint density at radius 1 is 1.70 bits per heavy atom. The molecule has 0 unspecified atom stereocenters. The van der Waals surface area contributed by atoms with E-state index < -0.39 is 5.97 Å². The van der Waals surface area contributed by atoms with Gasteiger partial charge in [-0.15, -0.1) is 0 Å². The number of aliphatic hydroxyl groups is 1. The van der Waals surface area contributed by atoms with Crippen molar-refractivity contribution in [2.45, 2.75) is 0 Å². The number of aliphatic hydroxyl groups excluding tert-OH is 1. The maximum Gasteiger partial charge on any atom is 0.371 e. The van der Waals surface area contributed by atoms with Gasteiger partial charge in [-0.2, -0.15) is 0 Å². The van der Waals surface area contributed by atoms with Gasteiger partial charge in [-0.25, -0.2) is 9.78 Å². The second-order valence-corrected chi connectivity index (χ2v) is 1.24. The van der Waals surface area contributed by atoms with Crippen molar-refractivity contribution in [3.8, 4) is 0 Å². The van der Waals surface area contributed by atoms with Gasteiger partial charge in [0.05, 0.1) is 0 Å². The molecule has 1 aromatic heterocycles. The molecule has 5 heteroatoms. The van der Waals surface area contributed by atoms with Gasteiger partial charge in [-0.05, 0) is 0 Å². The van der Waals surface area contributed by atoms with Crippen molar-refractivity contribution in [1.29, 1.82) is 0 Å². The lowest BCUT2D eigenvalue weighted by Crippen LogP contribution is -1.97. The van der Waals surface area contributed by atoms with E-state index in [2.05, 4.69) is 9.97 Å². The third-order valence-electron chi connectivity index (χ3n) is 0.701. The zero-order valence-corrected chi connectivity index (χ0v) is 5.40. The third kappa shape index (κ3) is 2.27. The molecule has 0 aliphatic carbocycles.